The molecule has 0 spiro atoms. The molecule has 2 N–H and O–H groups in total. The lowest BCUT2D eigenvalue weighted by atomic mass is 9.90. The summed E-state index contributed by atoms with van der Waals surface area (Å²) in [7, 11) is 0. The summed E-state index contributed by atoms with van der Waals surface area (Å²) in [6.07, 6.45) is 1.27. The normalized spacial score (nSPS) is 28.3. The van der Waals surface area contributed by atoms with Gasteiger partial charge in [-0.25, -0.2) is 4.79 Å². The van der Waals surface area contributed by atoms with Gasteiger partial charge in [0.05, 0.1) is 18.1 Å². The number of hydrogen-bond donors (Lipinski definition) is 2. The number of carbonyl (C=O) groups excluding carboxylic acids is 1. The van der Waals surface area contributed by atoms with E-state index in [1.807, 2.05) is 6.92 Å². The van der Waals surface area contributed by atoms with E-state index in [1.54, 1.807) is 23.2 Å². The minimum atomic E-state index is -0.848. The van der Waals surface area contributed by atoms with Gasteiger partial charge in [0, 0.05) is 24.4 Å². The van der Waals surface area contributed by atoms with Gasteiger partial charge in [0.1, 0.15) is 6.10 Å². The fourth-order valence-electron chi connectivity index (χ4n) is 3.26. The Balaban J connectivity index is 1.62. The second kappa shape index (κ2) is 6.13. The van der Waals surface area contributed by atoms with Gasteiger partial charge in [-0.1, -0.05) is 0 Å². The highest BCUT2D eigenvalue weighted by atomic mass is 32.1. The summed E-state index contributed by atoms with van der Waals surface area (Å²) in [4.78, 5) is 26.6. The number of carboxylic acid groups (broad SMARTS) is 1. The van der Waals surface area contributed by atoms with E-state index in [-0.39, 0.29) is 24.7 Å². The van der Waals surface area contributed by atoms with Gasteiger partial charge in [-0.15, -0.1) is 11.3 Å². The molecule has 3 heterocycles. The summed E-state index contributed by atoms with van der Waals surface area (Å²) in [5, 5.41) is 14.3. The molecule has 2 amide bonds. The minimum Gasteiger partial charge on any atom is -0.481 e. The predicted molar refractivity (Wildman–Crippen MR) is 86.6 cm³/mol. The molecule has 6 nitrogen and oxygen atoms in total. The first kappa shape index (κ1) is 16.3. The van der Waals surface area contributed by atoms with E-state index in [0.717, 1.165) is 12.0 Å². The third-order valence-corrected chi connectivity index (χ3v) is 5.79. The van der Waals surface area contributed by atoms with Crippen LogP contribution in [0.3, 0.4) is 0 Å². The molecule has 1 aromatic rings. The van der Waals surface area contributed by atoms with Crippen LogP contribution >= 0.6 is 11.3 Å². The highest BCUT2D eigenvalue weighted by Gasteiger charge is 2.42. The van der Waals surface area contributed by atoms with Crippen molar-refractivity contribution in [1.82, 2.24) is 10.2 Å². The lowest BCUT2D eigenvalue weighted by Gasteiger charge is -2.30. The molecule has 0 saturated carbocycles. The second-order valence-corrected chi connectivity index (χ2v) is 7.62. The summed E-state index contributed by atoms with van der Waals surface area (Å²) in [6.45, 7) is 5.00. The van der Waals surface area contributed by atoms with Crippen molar-refractivity contribution in [3.05, 3.63) is 21.9 Å². The number of carbonyl (C=O) groups is 2. The molecular formula is C16H22N2O4S. The number of thiophene rings is 1. The van der Waals surface area contributed by atoms with Gasteiger partial charge in [-0.05, 0) is 37.3 Å². The Kier molecular flexibility index (Phi) is 4.33. The van der Waals surface area contributed by atoms with Gasteiger partial charge in [-0.3, -0.25) is 4.79 Å². The number of likely N-dealkylation sites (tertiary alicyclic amines) is 1. The van der Waals surface area contributed by atoms with Crippen LogP contribution in [-0.2, 0) is 16.0 Å². The van der Waals surface area contributed by atoms with E-state index >= 15 is 0 Å². The number of rotatable bonds is 3. The fraction of sp³-hybridized carbons (Fsp3) is 0.625. The van der Waals surface area contributed by atoms with Crippen molar-refractivity contribution >= 4 is 23.3 Å². The number of fused-ring (bicyclic) bond motifs is 1. The number of hydrogen-bond acceptors (Lipinski definition) is 4. The van der Waals surface area contributed by atoms with Crippen molar-refractivity contribution in [1.29, 1.82) is 0 Å². The maximum Gasteiger partial charge on any atom is 0.317 e. The predicted octanol–water partition coefficient (Wildman–Crippen LogP) is 2.26. The summed E-state index contributed by atoms with van der Waals surface area (Å²) < 4.78 is 5.85. The zero-order chi connectivity index (χ0) is 16.6. The van der Waals surface area contributed by atoms with Crippen LogP contribution in [0.1, 0.15) is 36.8 Å². The van der Waals surface area contributed by atoms with E-state index in [4.69, 9.17) is 4.74 Å². The number of aliphatic carboxylic acids is 1. The van der Waals surface area contributed by atoms with Gasteiger partial charge in [-0.2, -0.15) is 0 Å². The third-order valence-electron chi connectivity index (χ3n) is 4.80. The molecule has 1 aromatic heterocycles. The first-order valence-corrected chi connectivity index (χ1v) is 8.75. The standard InChI is InChI=1S/C16H22N2O4S/c1-10(13-11-4-8-23-12(11)3-7-22-13)17-15(21)18-6-5-16(2,9-18)14(19)20/h4,8,10,13H,3,5-7,9H2,1-2H3,(H,17,21)(H,19,20). The summed E-state index contributed by atoms with van der Waals surface area (Å²) >= 11 is 1.73. The van der Waals surface area contributed by atoms with Crippen LogP contribution in [-0.4, -0.2) is 47.7 Å². The van der Waals surface area contributed by atoms with Gasteiger partial charge < -0.3 is 20.1 Å². The minimum absolute atomic E-state index is 0.137. The molecule has 0 aliphatic carbocycles. The van der Waals surface area contributed by atoms with E-state index < -0.39 is 11.4 Å². The second-order valence-electron chi connectivity index (χ2n) is 6.62. The quantitative estimate of drug-likeness (QED) is 0.886. The van der Waals surface area contributed by atoms with Crippen LogP contribution in [0, 0.1) is 5.41 Å². The molecule has 2 aliphatic rings. The average Bonchev–Trinajstić information content (AvgIpc) is 3.13. The number of ether oxygens (including phenoxy) is 1. The van der Waals surface area contributed by atoms with E-state index in [2.05, 4.69) is 16.8 Å². The molecule has 2 aliphatic heterocycles. The topological polar surface area (TPSA) is 78.9 Å². The van der Waals surface area contributed by atoms with Gasteiger partial charge in [0.2, 0.25) is 0 Å². The first-order valence-electron chi connectivity index (χ1n) is 7.87. The van der Waals surface area contributed by atoms with Crippen molar-refractivity contribution in [3.63, 3.8) is 0 Å². The van der Waals surface area contributed by atoms with Crippen molar-refractivity contribution in [2.45, 2.75) is 38.8 Å². The monoisotopic (exact) mass is 338 g/mol. The maximum absolute atomic E-state index is 12.4. The van der Waals surface area contributed by atoms with Gasteiger partial charge in [0.15, 0.2) is 0 Å². The number of amides is 2. The van der Waals surface area contributed by atoms with Gasteiger partial charge >= 0.3 is 12.0 Å². The Morgan fingerprint density at radius 3 is 3.04 bits per heavy atom. The van der Waals surface area contributed by atoms with Crippen molar-refractivity contribution in [2.24, 2.45) is 5.41 Å². The Labute approximate surface area is 139 Å². The molecular weight excluding hydrogens is 316 g/mol. The fourth-order valence-corrected chi connectivity index (χ4v) is 4.16. The zero-order valence-corrected chi connectivity index (χ0v) is 14.2. The maximum atomic E-state index is 12.4. The zero-order valence-electron chi connectivity index (χ0n) is 13.4. The average molecular weight is 338 g/mol. The molecule has 7 heteroatoms. The molecule has 0 aromatic carbocycles. The van der Waals surface area contributed by atoms with E-state index in [0.29, 0.717) is 19.6 Å². The molecule has 3 atom stereocenters. The number of carboxylic acids is 1. The Bertz CT molecular complexity index is 617. The smallest absolute Gasteiger partial charge is 0.317 e. The van der Waals surface area contributed by atoms with Crippen LogP contribution in [0.4, 0.5) is 4.79 Å². The number of nitrogens with zero attached hydrogens (tertiary/aromatic N) is 1. The molecule has 3 rings (SSSR count). The van der Waals surface area contributed by atoms with Crippen LogP contribution in [0.15, 0.2) is 11.4 Å². The van der Waals surface area contributed by atoms with Crippen LogP contribution in [0.5, 0.6) is 0 Å². The largest absolute Gasteiger partial charge is 0.481 e. The molecule has 0 radical (unpaired) electrons. The molecule has 126 valence electrons. The van der Waals surface area contributed by atoms with Crippen LogP contribution in [0.2, 0.25) is 0 Å². The summed E-state index contributed by atoms with van der Waals surface area (Å²) in [5.41, 5.74) is 0.313. The molecule has 1 fully saturated rings. The Morgan fingerprint density at radius 1 is 1.57 bits per heavy atom. The summed E-state index contributed by atoms with van der Waals surface area (Å²) in [5.74, 6) is -0.848. The van der Waals surface area contributed by atoms with Crippen LogP contribution < -0.4 is 5.32 Å². The highest BCUT2D eigenvalue weighted by Crippen LogP contribution is 2.34. The summed E-state index contributed by atoms with van der Waals surface area (Å²) in [6, 6.07) is 1.69. The molecule has 0 bridgehead atoms. The Morgan fingerprint density at radius 2 is 2.35 bits per heavy atom. The number of nitrogens with one attached hydrogen (secondary N) is 1. The third kappa shape index (κ3) is 3.07. The van der Waals surface area contributed by atoms with Crippen LogP contribution in [0.25, 0.3) is 0 Å². The van der Waals surface area contributed by atoms with Crippen molar-refractivity contribution in [2.75, 3.05) is 19.7 Å². The van der Waals surface area contributed by atoms with Crippen molar-refractivity contribution < 1.29 is 19.4 Å². The molecule has 23 heavy (non-hydrogen) atoms. The molecule has 3 unspecified atom stereocenters. The van der Waals surface area contributed by atoms with E-state index in [1.165, 1.54) is 4.88 Å². The number of urea groups is 1. The highest BCUT2D eigenvalue weighted by molar-refractivity contribution is 7.10. The van der Waals surface area contributed by atoms with Crippen molar-refractivity contribution in [3.8, 4) is 0 Å². The first-order chi connectivity index (χ1) is 10.9. The lowest BCUT2D eigenvalue weighted by molar-refractivity contribution is -0.147. The lowest BCUT2D eigenvalue weighted by Crippen LogP contribution is -2.47. The SMILES string of the molecule is CC(NC(=O)N1CCC(C)(C(=O)O)C1)C1OCCc2sccc21. The Hall–Kier alpha value is -1.60. The van der Waals surface area contributed by atoms with Gasteiger partial charge in [0.25, 0.3) is 0 Å². The molecule has 1 saturated heterocycles. The van der Waals surface area contributed by atoms with E-state index in [9.17, 15) is 14.7 Å².